The van der Waals surface area contributed by atoms with Crippen LogP contribution >= 0.6 is 0 Å². The number of carbonyl (C=O) groups is 1. The molecule has 1 aromatic heterocycles. The first-order valence-electron chi connectivity index (χ1n) is 10.5. The first kappa shape index (κ1) is 21.1. The fourth-order valence-electron chi connectivity index (χ4n) is 4.19. The monoisotopic (exact) mass is 421 g/mol. The Kier molecular flexibility index (Phi) is 6.67. The average Bonchev–Trinajstić information content (AvgIpc) is 2.79. The molecule has 0 saturated carbocycles. The van der Waals surface area contributed by atoms with Crippen molar-refractivity contribution in [1.82, 2.24) is 15.2 Å². The van der Waals surface area contributed by atoms with E-state index in [2.05, 4.69) is 15.2 Å². The molecule has 160 valence electrons. The van der Waals surface area contributed by atoms with Gasteiger partial charge in [-0.25, -0.2) is 8.78 Å². The average molecular weight is 421 g/mol. The van der Waals surface area contributed by atoms with E-state index in [1.165, 1.54) is 24.3 Å². The Bertz CT molecular complexity index is 1020. The van der Waals surface area contributed by atoms with E-state index >= 15 is 0 Å². The fraction of sp³-hybridized carbons (Fsp3) is 0.280. The molecule has 0 spiro atoms. The van der Waals surface area contributed by atoms with Gasteiger partial charge in [-0.1, -0.05) is 24.3 Å². The Morgan fingerprint density at radius 2 is 1.74 bits per heavy atom. The molecule has 6 heteroatoms. The van der Waals surface area contributed by atoms with E-state index in [9.17, 15) is 13.6 Å². The Morgan fingerprint density at radius 1 is 1.00 bits per heavy atom. The number of likely N-dealkylation sites (tertiary alicyclic amines) is 1. The molecule has 1 unspecified atom stereocenters. The van der Waals surface area contributed by atoms with Gasteiger partial charge in [0, 0.05) is 18.3 Å². The summed E-state index contributed by atoms with van der Waals surface area (Å²) in [5, 5.41) is 3.08. The Balaban J connectivity index is 1.45. The Morgan fingerprint density at radius 3 is 2.42 bits per heavy atom. The highest BCUT2D eigenvalue weighted by atomic mass is 19.1. The number of amides is 1. The predicted octanol–water partition coefficient (Wildman–Crippen LogP) is 4.74. The van der Waals surface area contributed by atoms with Crippen LogP contribution in [0.3, 0.4) is 0 Å². The molecule has 0 radical (unpaired) electrons. The molecule has 1 fully saturated rings. The molecule has 1 saturated heterocycles. The minimum absolute atomic E-state index is 0.205. The summed E-state index contributed by atoms with van der Waals surface area (Å²) in [5.74, 6) is -0.760. The number of halogens is 2. The van der Waals surface area contributed by atoms with Crippen molar-refractivity contribution in [3.05, 3.63) is 101 Å². The van der Waals surface area contributed by atoms with Gasteiger partial charge in [-0.15, -0.1) is 0 Å². The summed E-state index contributed by atoms with van der Waals surface area (Å²) in [6.07, 6.45) is 3.47. The molecule has 31 heavy (non-hydrogen) atoms. The lowest BCUT2D eigenvalue weighted by molar-refractivity contribution is 0.0888. The van der Waals surface area contributed by atoms with Crippen LogP contribution in [0.15, 0.2) is 72.9 Å². The second-order valence-electron chi connectivity index (χ2n) is 7.96. The summed E-state index contributed by atoms with van der Waals surface area (Å²) >= 11 is 0. The molecule has 2 heterocycles. The quantitative estimate of drug-likeness (QED) is 0.625. The number of hydrogen-bond donors (Lipinski definition) is 1. The summed E-state index contributed by atoms with van der Waals surface area (Å²) in [6.45, 7) is 2.40. The van der Waals surface area contributed by atoms with Crippen molar-refractivity contribution in [2.24, 2.45) is 5.92 Å². The third-order valence-electron chi connectivity index (χ3n) is 5.78. The van der Waals surface area contributed by atoms with E-state index in [0.29, 0.717) is 12.1 Å². The predicted molar refractivity (Wildman–Crippen MR) is 115 cm³/mol. The number of piperidine rings is 1. The summed E-state index contributed by atoms with van der Waals surface area (Å²) in [4.78, 5) is 19.6. The van der Waals surface area contributed by atoms with E-state index in [4.69, 9.17) is 0 Å². The van der Waals surface area contributed by atoms with Crippen molar-refractivity contribution in [3.63, 3.8) is 0 Å². The lowest BCUT2D eigenvalue weighted by Gasteiger charge is -2.36. The van der Waals surface area contributed by atoms with Crippen LogP contribution in [0, 0.1) is 17.6 Å². The SMILES string of the molecule is O=C(NC(c1ccccn1)C1CCN(Cc2cccc(F)c2)CC1)c1cccc(F)c1. The van der Waals surface area contributed by atoms with Crippen LogP contribution < -0.4 is 5.32 Å². The van der Waals surface area contributed by atoms with E-state index in [-0.39, 0.29) is 23.7 Å². The van der Waals surface area contributed by atoms with Gasteiger partial charge in [-0.2, -0.15) is 0 Å². The fourth-order valence-corrected chi connectivity index (χ4v) is 4.19. The summed E-state index contributed by atoms with van der Waals surface area (Å²) in [7, 11) is 0. The highest BCUT2D eigenvalue weighted by molar-refractivity contribution is 5.94. The summed E-state index contributed by atoms with van der Waals surface area (Å²) in [6, 6.07) is 17.8. The second kappa shape index (κ2) is 9.79. The zero-order valence-electron chi connectivity index (χ0n) is 17.2. The van der Waals surface area contributed by atoms with Crippen molar-refractivity contribution in [2.45, 2.75) is 25.4 Å². The number of carbonyl (C=O) groups excluding carboxylic acids is 1. The smallest absolute Gasteiger partial charge is 0.251 e. The van der Waals surface area contributed by atoms with Gasteiger partial charge in [0.2, 0.25) is 0 Å². The Labute approximate surface area is 180 Å². The first-order valence-corrected chi connectivity index (χ1v) is 10.5. The number of nitrogens with zero attached hydrogens (tertiary/aromatic N) is 2. The molecular formula is C25H25F2N3O. The highest BCUT2D eigenvalue weighted by Gasteiger charge is 2.30. The maximum atomic E-state index is 13.6. The van der Waals surface area contributed by atoms with Crippen molar-refractivity contribution in [1.29, 1.82) is 0 Å². The number of rotatable bonds is 6. The lowest BCUT2D eigenvalue weighted by atomic mass is 9.87. The van der Waals surface area contributed by atoms with Crippen LogP contribution in [0.1, 0.15) is 40.5 Å². The van der Waals surface area contributed by atoms with Gasteiger partial charge in [0.1, 0.15) is 11.6 Å². The van der Waals surface area contributed by atoms with Gasteiger partial charge in [0.15, 0.2) is 0 Å². The molecule has 4 nitrogen and oxygen atoms in total. The zero-order valence-corrected chi connectivity index (χ0v) is 17.2. The number of nitrogens with one attached hydrogen (secondary N) is 1. The van der Waals surface area contributed by atoms with Crippen LogP contribution in [0.5, 0.6) is 0 Å². The van der Waals surface area contributed by atoms with Crippen molar-refractivity contribution in [2.75, 3.05) is 13.1 Å². The number of benzene rings is 2. The van der Waals surface area contributed by atoms with E-state index in [1.807, 2.05) is 24.3 Å². The molecule has 1 aliphatic rings. The number of pyridine rings is 1. The van der Waals surface area contributed by atoms with Gasteiger partial charge in [0.25, 0.3) is 5.91 Å². The second-order valence-corrected chi connectivity index (χ2v) is 7.96. The summed E-state index contributed by atoms with van der Waals surface area (Å²) in [5.41, 5.74) is 2.06. The number of hydrogen-bond acceptors (Lipinski definition) is 3. The van der Waals surface area contributed by atoms with E-state index in [1.54, 1.807) is 24.4 Å². The third-order valence-corrected chi connectivity index (χ3v) is 5.78. The van der Waals surface area contributed by atoms with Crippen LogP contribution in [0.2, 0.25) is 0 Å². The van der Waals surface area contributed by atoms with Gasteiger partial charge in [-0.05, 0) is 79.9 Å². The minimum atomic E-state index is -0.437. The van der Waals surface area contributed by atoms with Crippen molar-refractivity contribution < 1.29 is 13.6 Å². The standard InChI is InChI=1S/C25H25F2N3O/c26-21-7-3-5-18(15-21)17-30-13-10-19(11-14-30)24(23-9-1-2-12-28-23)29-25(31)20-6-4-8-22(27)16-20/h1-9,12,15-16,19,24H,10-11,13-14,17H2,(H,29,31). The molecule has 3 aromatic rings. The van der Waals surface area contributed by atoms with E-state index in [0.717, 1.165) is 37.2 Å². The molecular weight excluding hydrogens is 396 g/mol. The van der Waals surface area contributed by atoms with Crippen LogP contribution in [0.25, 0.3) is 0 Å². The molecule has 2 aromatic carbocycles. The normalized spacial score (nSPS) is 16.1. The molecule has 0 aliphatic carbocycles. The van der Waals surface area contributed by atoms with E-state index < -0.39 is 5.82 Å². The topological polar surface area (TPSA) is 45.2 Å². The maximum absolute atomic E-state index is 13.6. The van der Waals surface area contributed by atoms with Gasteiger partial charge in [0.05, 0.1) is 11.7 Å². The Hall–Kier alpha value is -3.12. The molecule has 4 rings (SSSR count). The van der Waals surface area contributed by atoms with Gasteiger partial charge >= 0.3 is 0 Å². The van der Waals surface area contributed by atoms with Crippen LogP contribution in [-0.4, -0.2) is 28.9 Å². The van der Waals surface area contributed by atoms with Gasteiger partial charge < -0.3 is 5.32 Å². The van der Waals surface area contributed by atoms with Crippen LogP contribution in [-0.2, 0) is 6.54 Å². The molecule has 1 aliphatic heterocycles. The molecule has 1 atom stereocenters. The first-order chi connectivity index (χ1) is 15.1. The minimum Gasteiger partial charge on any atom is -0.343 e. The van der Waals surface area contributed by atoms with Crippen molar-refractivity contribution >= 4 is 5.91 Å². The number of aromatic nitrogens is 1. The largest absolute Gasteiger partial charge is 0.343 e. The van der Waals surface area contributed by atoms with Gasteiger partial charge in [-0.3, -0.25) is 14.7 Å². The van der Waals surface area contributed by atoms with Crippen LogP contribution in [0.4, 0.5) is 8.78 Å². The zero-order chi connectivity index (χ0) is 21.6. The molecule has 0 bridgehead atoms. The highest BCUT2D eigenvalue weighted by Crippen LogP contribution is 2.31. The van der Waals surface area contributed by atoms with Crippen molar-refractivity contribution in [3.8, 4) is 0 Å². The summed E-state index contributed by atoms with van der Waals surface area (Å²) < 4.78 is 27.0. The molecule has 1 N–H and O–H groups in total. The molecule has 1 amide bonds. The lowest BCUT2D eigenvalue weighted by Crippen LogP contribution is -2.40. The maximum Gasteiger partial charge on any atom is 0.251 e. The third kappa shape index (κ3) is 5.52.